The predicted octanol–water partition coefficient (Wildman–Crippen LogP) is 5.42. The number of hydrogen-bond donors (Lipinski definition) is 1. The van der Waals surface area contributed by atoms with Gasteiger partial charge in [-0.25, -0.2) is 0 Å². The molecule has 0 bridgehead atoms. The Kier molecular flexibility index (Phi) is 7.69. The van der Waals surface area contributed by atoms with Crippen molar-refractivity contribution in [1.82, 2.24) is 4.90 Å². The van der Waals surface area contributed by atoms with Crippen molar-refractivity contribution in [3.63, 3.8) is 0 Å². The van der Waals surface area contributed by atoms with Crippen LogP contribution in [0.3, 0.4) is 0 Å². The fourth-order valence-electron chi connectivity index (χ4n) is 5.68. The summed E-state index contributed by atoms with van der Waals surface area (Å²) in [5, 5.41) is 9.61. The first-order chi connectivity index (χ1) is 15.6. The van der Waals surface area contributed by atoms with Gasteiger partial charge in [0.1, 0.15) is 0 Å². The molecule has 2 fully saturated rings. The Morgan fingerprint density at radius 1 is 1.09 bits per heavy atom. The molecule has 5 heteroatoms. The molecule has 1 saturated carbocycles. The number of carbonyl (C=O) groups excluding carboxylic acids is 1. The van der Waals surface area contributed by atoms with E-state index >= 15 is 0 Å². The minimum absolute atomic E-state index is 0.0543. The van der Waals surface area contributed by atoms with Crippen LogP contribution in [0.2, 0.25) is 0 Å². The van der Waals surface area contributed by atoms with Crippen LogP contribution in [-0.4, -0.2) is 48.2 Å². The maximum absolute atomic E-state index is 13.3. The molecule has 0 spiro atoms. The molecule has 174 valence electrons. The van der Waals surface area contributed by atoms with E-state index in [0.29, 0.717) is 17.8 Å². The molecule has 2 aromatic rings. The highest BCUT2D eigenvalue weighted by atomic mass is 16.3. The average molecular weight is 439 g/mol. The number of furan rings is 1. The zero-order valence-corrected chi connectivity index (χ0v) is 19.5. The number of piperidine rings is 1. The van der Waals surface area contributed by atoms with E-state index in [1.807, 2.05) is 17.0 Å². The Hall–Kier alpha value is -2.11. The second-order valence-electron chi connectivity index (χ2n) is 9.85. The number of amides is 1. The van der Waals surface area contributed by atoms with Crippen molar-refractivity contribution in [2.45, 2.75) is 70.8 Å². The first-order valence-corrected chi connectivity index (χ1v) is 12.4. The summed E-state index contributed by atoms with van der Waals surface area (Å²) in [6.45, 7) is 5.49. The fraction of sp³-hybridized carbons (Fsp3) is 0.593. The summed E-state index contributed by atoms with van der Waals surface area (Å²) in [5.74, 6) is 0.345. The van der Waals surface area contributed by atoms with Crippen molar-refractivity contribution in [2.75, 3.05) is 31.1 Å². The van der Waals surface area contributed by atoms with E-state index in [1.165, 1.54) is 44.1 Å². The van der Waals surface area contributed by atoms with Gasteiger partial charge in [0, 0.05) is 31.4 Å². The molecular weight excluding hydrogens is 400 g/mol. The van der Waals surface area contributed by atoms with Gasteiger partial charge >= 0.3 is 0 Å². The molecule has 1 aliphatic carbocycles. The van der Waals surface area contributed by atoms with Gasteiger partial charge in [0.05, 0.1) is 6.26 Å². The lowest BCUT2D eigenvalue weighted by molar-refractivity contribution is 0.0879. The van der Waals surface area contributed by atoms with Crippen molar-refractivity contribution in [1.29, 1.82) is 0 Å². The summed E-state index contributed by atoms with van der Waals surface area (Å²) < 4.78 is 5.45. The molecule has 2 heterocycles. The van der Waals surface area contributed by atoms with Crippen molar-refractivity contribution in [3.8, 4) is 0 Å². The minimum atomic E-state index is -0.0543. The number of nitrogens with zero attached hydrogens (tertiary/aromatic N) is 2. The molecule has 0 atom stereocenters. The number of anilines is 1. The average Bonchev–Trinajstić information content (AvgIpc) is 3.36. The number of likely N-dealkylation sites (tertiary alicyclic amines) is 1. The van der Waals surface area contributed by atoms with Gasteiger partial charge < -0.3 is 19.3 Å². The maximum Gasteiger partial charge on any atom is 0.294 e. The number of rotatable bonds is 8. The van der Waals surface area contributed by atoms with Crippen molar-refractivity contribution in [2.24, 2.45) is 5.41 Å². The second kappa shape index (κ2) is 10.7. The molecule has 1 aromatic heterocycles. The Labute approximate surface area is 192 Å². The largest absolute Gasteiger partial charge is 0.459 e. The lowest BCUT2D eigenvalue weighted by Crippen LogP contribution is -2.48. The van der Waals surface area contributed by atoms with E-state index in [2.05, 4.69) is 24.0 Å². The van der Waals surface area contributed by atoms with Gasteiger partial charge in [-0.3, -0.25) is 4.79 Å². The van der Waals surface area contributed by atoms with Gasteiger partial charge in [-0.05, 0) is 81.7 Å². The number of aryl methyl sites for hydroxylation is 1. The van der Waals surface area contributed by atoms with Gasteiger partial charge in [0.25, 0.3) is 5.91 Å². The SMILES string of the molecule is Cc1ccc(N(C(=O)c2ccco2)C2CCN(CCC3(CCO)CCCCC3)CC2)cc1. The Morgan fingerprint density at radius 2 is 1.81 bits per heavy atom. The Balaban J connectivity index is 1.40. The van der Waals surface area contributed by atoms with E-state index in [1.54, 1.807) is 18.4 Å². The minimum Gasteiger partial charge on any atom is -0.459 e. The number of hydrogen-bond acceptors (Lipinski definition) is 4. The molecule has 0 unspecified atom stereocenters. The van der Waals surface area contributed by atoms with Gasteiger partial charge in [-0.1, -0.05) is 37.0 Å². The van der Waals surface area contributed by atoms with Crippen LogP contribution < -0.4 is 4.90 Å². The molecule has 32 heavy (non-hydrogen) atoms. The van der Waals surface area contributed by atoms with E-state index < -0.39 is 0 Å². The van der Waals surface area contributed by atoms with E-state index in [-0.39, 0.29) is 11.9 Å². The van der Waals surface area contributed by atoms with Crippen LogP contribution in [0, 0.1) is 12.3 Å². The third kappa shape index (κ3) is 5.44. The van der Waals surface area contributed by atoms with Crippen LogP contribution in [0.15, 0.2) is 47.1 Å². The maximum atomic E-state index is 13.3. The molecule has 1 amide bonds. The fourth-order valence-corrected chi connectivity index (χ4v) is 5.68. The predicted molar refractivity (Wildman–Crippen MR) is 128 cm³/mol. The Bertz CT molecular complexity index is 827. The lowest BCUT2D eigenvalue weighted by Gasteiger charge is -2.41. The zero-order chi connectivity index (χ0) is 22.4. The number of benzene rings is 1. The van der Waals surface area contributed by atoms with Crippen molar-refractivity contribution < 1.29 is 14.3 Å². The first kappa shape index (κ1) is 23.1. The molecule has 0 radical (unpaired) electrons. The quantitative estimate of drug-likeness (QED) is 0.598. The molecule has 4 rings (SSSR count). The molecular formula is C27H38N2O3. The summed E-state index contributed by atoms with van der Waals surface area (Å²) in [5.41, 5.74) is 2.47. The first-order valence-electron chi connectivity index (χ1n) is 12.4. The van der Waals surface area contributed by atoms with Crippen LogP contribution in [-0.2, 0) is 0 Å². The molecule has 1 saturated heterocycles. The molecule has 1 aliphatic heterocycles. The Morgan fingerprint density at radius 3 is 2.44 bits per heavy atom. The third-order valence-electron chi connectivity index (χ3n) is 7.70. The lowest BCUT2D eigenvalue weighted by atomic mass is 9.69. The smallest absolute Gasteiger partial charge is 0.294 e. The summed E-state index contributed by atoms with van der Waals surface area (Å²) in [6, 6.07) is 11.9. The number of aliphatic hydroxyl groups is 1. The van der Waals surface area contributed by atoms with Crippen LogP contribution in [0.25, 0.3) is 0 Å². The van der Waals surface area contributed by atoms with E-state index in [4.69, 9.17) is 4.42 Å². The second-order valence-corrected chi connectivity index (χ2v) is 9.85. The highest BCUT2D eigenvalue weighted by molar-refractivity contribution is 6.04. The summed E-state index contributed by atoms with van der Waals surface area (Å²) in [7, 11) is 0. The van der Waals surface area contributed by atoms with Crippen LogP contribution >= 0.6 is 0 Å². The van der Waals surface area contributed by atoms with Crippen molar-refractivity contribution >= 4 is 11.6 Å². The molecule has 2 aliphatic rings. The third-order valence-corrected chi connectivity index (χ3v) is 7.70. The normalized spacial score (nSPS) is 19.7. The van der Waals surface area contributed by atoms with E-state index in [9.17, 15) is 9.90 Å². The summed E-state index contributed by atoms with van der Waals surface area (Å²) in [4.78, 5) is 17.8. The van der Waals surface area contributed by atoms with Crippen LogP contribution in [0.5, 0.6) is 0 Å². The summed E-state index contributed by atoms with van der Waals surface area (Å²) in [6.07, 6.45) is 12.1. The van der Waals surface area contributed by atoms with Crippen molar-refractivity contribution in [3.05, 3.63) is 54.0 Å². The van der Waals surface area contributed by atoms with Gasteiger partial charge in [-0.15, -0.1) is 0 Å². The summed E-state index contributed by atoms with van der Waals surface area (Å²) >= 11 is 0. The van der Waals surface area contributed by atoms with Gasteiger partial charge in [-0.2, -0.15) is 0 Å². The molecule has 1 N–H and O–H groups in total. The van der Waals surface area contributed by atoms with E-state index in [0.717, 1.165) is 44.6 Å². The standard InChI is InChI=1S/C27H38N2O3/c1-22-7-9-23(10-8-22)29(26(31)25-6-5-21-32-25)24-11-17-28(18-12-24)19-15-27(16-20-30)13-3-2-4-14-27/h5-10,21,24,30H,2-4,11-20H2,1H3. The highest BCUT2D eigenvalue weighted by Gasteiger charge is 2.34. The van der Waals surface area contributed by atoms with Crippen LogP contribution in [0.4, 0.5) is 5.69 Å². The highest BCUT2D eigenvalue weighted by Crippen LogP contribution is 2.42. The monoisotopic (exact) mass is 438 g/mol. The topological polar surface area (TPSA) is 56.9 Å². The van der Waals surface area contributed by atoms with Gasteiger partial charge in [0.15, 0.2) is 5.76 Å². The van der Waals surface area contributed by atoms with Crippen LogP contribution in [0.1, 0.15) is 73.9 Å². The zero-order valence-electron chi connectivity index (χ0n) is 19.5. The molecule has 5 nitrogen and oxygen atoms in total. The number of aliphatic hydroxyl groups excluding tert-OH is 1. The van der Waals surface area contributed by atoms with Gasteiger partial charge in [0.2, 0.25) is 0 Å². The molecule has 1 aromatic carbocycles. The number of carbonyl (C=O) groups is 1.